The van der Waals surface area contributed by atoms with E-state index in [1.165, 1.54) is 52.4 Å². The minimum Gasteiger partial charge on any atom is -0.493 e. The number of halogens is 1. The van der Waals surface area contributed by atoms with Gasteiger partial charge in [-0.2, -0.15) is 4.80 Å². The summed E-state index contributed by atoms with van der Waals surface area (Å²) in [5.74, 6) is 0.0973. The monoisotopic (exact) mass is 594 g/mol. The van der Waals surface area contributed by atoms with Crippen LogP contribution in [0.25, 0.3) is 11.4 Å². The number of amides is 2. The van der Waals surface area contributed by atoms with Crippen molar-refractivity contribution in [2.75, 3.05) is 27.4 Å². The van der Waals surface area contributed by atoms with Gasteiger partial charge >= 0.3 is 0 Å². The standard InChI is InChI=1S/C29H31FN6O5S/c1-39-24-12-9-20(15-25(24)40-2)28-32-34-36(33-28)18-26(37)35(17-23-6-4-14-42-23)27(19-7-10-21(30)11-8-19)29(38)31-16-22-5-3-13-41-22/h4,6-12,14-15,22,27H,3,5,13,16-18H2,1-2H3,(H,31,38). The van der Waals surface area contributed by atoms with Crippen LogP contribution in [0.1, 0.15) is 29.3 Å². The minimum absolute atomic E-state index is 0.0846. The van der Waals surface area contributed by atoms with Gasteiger partial charge in [-0.15, -0.1) is 21.5 Å². The molecule has 13 heteroatoms. The summed E-state index contributed by atoms with van der Waals surface area (Å²) in [6.45, 7) is 0.851. The number of benzene rings is 2. The van der Waals surface area contributed by atoms with Crippen LogP contribution in [0, 0.1) is 5.82 Å². The van der Waals surface area contributed by atoms with E-state index in [0.717, 1.165) is 17.7 Å². The van der Waals surface area contributed by atoms with Crippen LogP contribution in [0.5, 0.6) is 11.5 Å². The number of rotatable bonds is 12. The van der Waals surface area contributed by atoms with Crippen molar-refractivity contribution in [3.05, 3.63) is 76.2 Å². The number of nitrogens with one attached hydrogen (secondary N) is 1. The minimum atomic E-state index is -1.03. The number of nitrogens with zero attached hydrogens (tertiary/aromatic N) is 5. The molecule has 0 aliphatic carbocycles. The summed E-state index contributed by atoms with van der Waals surface area (Å²) < 4.78 is 30.2. The Morgan fingerprint density at radius 1 is 1.17 bits per heavy atom. The third-order valence-electron chi connectivity index (χ3n) is 6.87. The van der Waals surface area contributed by atoms with E-state index in [1.807, 2.05) is 17.5 Å². The van der Waals surface area contributed by atoms with Crippen molar-refractivity contribution in [2.24, 2.45) is 0 Å². The molecule has 0 radical (unpaired) electrons. The summed E-state index contributed by atoms with van der Waals surface area (Å²) in [4.78, 5) is 31.1. The van der Waals surface area contributed by atoms with Gasteiger partial charge in [0.1, 0.15) is 18.4 Å². The summed E-state index contributed by atoms with van der Waals surface area (Å²) in [7, 11) is 3.07. The van der Waals surface area contributed by atoms with E-state index >= 15 is 0 Å². The first-order chi connectivity index (χ1) is 20.4. The lowest BCUT2D eigenvalue weighted by molar-refractivity contribution is -0.142. The molecule has 1 aliphatic heterocycles. The van der Waals surface area contributed by atoms with Crippen molar-refractivity contribution in [3.63, 3.8) is 0 Å². The van der Waals surface area contributed by atoms with E-state index < -0.39 is 17.8 Å². The molecular weight excluding hydrogens is 563 g/mol. The highest BCUT2D eigenvalue weighted by atomic mass is 32.1. The number of carbonyl (C=O) groups excluding carboxylic acids is 2. The highest BCUT2D eigenvalue weighted by molar-refractivity contribution is 7.09. The van der Waals surface area contributed by atoms with E-state index in [1.54, 1.807) is 25.3 Å². The average Bonchev–Trinajstić information content (AvgIpc) is 3.80. The van der Waals surface area contributed by atoms with Crippen molar-refractivity contribution in [1.29, 1.82) is 0 Å². The summed E-state index contributed by atoms with van der Waals surface area (Å²) in [5, 5.41) is 17.4. The van der Waals surface area contributed by atoms with Gasteiger partial charge < -0.3 is 24.4 Å². The van der Waals surface area contributed by atoms with Gasteiger partial charge in [-0.25, -0.2) is 4.39 Å². The fraction of sp³-hybridized carbons (Fsp3) is 0.345. The Balaban J connectivity index is 1.41. The molecule has 11 nitrogen and oxygen atoms in total. The van der Waals surface area contributed by atoms with E-state index in [4.69, 9.17) is 14.2 Å². The molecule has 2 unspecified atom stereocenters. The first-order valence-corrected chi connectivity index (χ1v) is 14.3. The second-order valence-corrected chi connectivity index (χ2v) is 10.7. The molecule has 0 spiro atoms. The maximum absolute atomic E-state index is 13.9. The van der Waals surface area contributed by atoms with Crippen LogP contribution in [0.4, 0.5) is 4.39 Å². The molecule has 5 rings (SSSR count). The van der Waals surface area contributed by atoms with Gasteiger partial charge in [0.25, 0.3) is 0 Å². The fourth-order valence-corrected chi connectivity index (χ4v) is 5.44. The van der Waals surface area contributed by atoms with Gasteiger partial charge in [-0.3, -0.25) is 9.59 Å². The molecule has 1 aliphatic rings. The van der Waals surface area contributed by atoms with Crippen LogP contribution in [0.3, 0.4) is 0 Å². The Kier molecular flexibility index (Phi) is 9.39. The first kappa shape index (κ1) is 29.1. The van der Waals surface area contributed by atoms with Crippen molar-refractivity contribution >= 4 is 23.2 Å². The lowest BCUT2D eigenvalue weighted by Crippen LogP contribution is -2.46. The van der Waals surface area contributed by atoms with Crippen molar-refractivity contribution in [2.45, 2.75) is 38.1 Å². The maximum Gasteiger partial charge on any atom is 0.247 e. The molecule has 42 heavy (non-hydrogen) atoms. The van der Waals surface area contributed by atoms with E-state index in [9.17, 15) is 14.0 Å². The summed E-state index contributed by atoms with van der Waals surface area (Å²) in [6.07, 6.45) is 1.69. The van der Waals surface area contributed by atoms with Crippen LogP contribution >= 0.6 is 11.3 Å². The summed E-state index contributed by atoms with van der Waals surface area (Å²) in [5.41, 5.74) is 1.10. The van der Waals surface area contributed by atoms with Crippen LogP contribution < -0.4 is 14.8 Å². The largest absolute Gasteiger partial charge is 0.493 e. The molecule has 4 aromatic rings. The second kappa shape index (κ2) is 13.5. The molecule has 2 aromatic carbocycles. The number of ether oxygens (including phenoxy) is 3. The van der Waals surface area contributed by atoms with Gasteiger partial charge in [0.2, 0.25) is 17.6 Å². The van der Waals surface area contributed by atoms with Gasteiger partial charge in [0.15, 0.2) is 11.5 Å². The van der Waals surface area contributed by atoms with Gasteiger partial charge in [-0.1, -0.05) is 18.2 Å². The Bertz CT molecular complexity index is 1490. The smallest absolute Gasteiger partial charge is 0.247 e. The predicted octanol–water partition coefficient (Wildman–Crippen LogP) is 3.62. The summed E-state index contributed by atoms with van der Waals surface area (Å²) in [6, 6.07) is 13.5. The normalized spacial score (nSPS) is 15.3. The highest BCUT2D eigenvalue weighted by Crippen LogP contribution is 2.31. The predicted molar refractivity (Wildman–Crippen MR) is 152 cm³/mol. The molecule has 1 N–H and O–H groups in total. The average molecular weight is 595 g/mol. The Labute approximate surface area is 246 Å². The molecule has 220 valence electrons. The topological polar surface area (TPSA) is 121 Å². The van der Waals surface area contributed by atoms with Gasteiger partial charge in [0.05, 0.1) is 26.9 Å². The molecule has 2 atom stereocenters. The lowest BCUT2D eigenvalue weighted by atomic mass is 10.0. The van der Waals surface area contributed by atoms with Gasteiger partial charge in [0, 0.05) is 23.6 Å². The van der Waals surface area contributed by atoms with Gasteiger partial charge in [-0.05, 0) is 65.4 Å². The van der Waals surface area contributed by atoms with Crippen LogP contribution in [0.2, 0.25) is 0 Å². The second-order valence-electron chi connectivity index (χ2n) is 9.65. The van der Waals surface area contributed by atoms with E-state index in [-0.39, 0.29) is 30.9 Å². The molecule has 1 saturated heterocycles. The molecule has 2 amide bonds. The van der Waals surface area contributed by atoms with Crippen molar-refractivity contribution < 1.29 is 28.2 Å². The highest BCUT2D eigenvalue weighted by Gasteiger charge is 2.33. The quantitative estimate of drug-likeness (QED) is 0.264. The van der Waals surface area contributed by atoms with E-state index in [2.05, 4.69) is 20.7 Å². The van der Waals surface area contributed by atoms with Crippen LogP contribution in [-0.4, -0.2) is 70.4 Å². The third-order valence-corrected chi connectivity index (χ3v) is 7.73. The molecule has 3 heterocycles. The zero-order valence-electron chi connectivity index (χ0n) is 23.2. The lowest BCUT2D eigenvalue weighted by Gasteiger charge is -2.31. The number of tetrazole rings is 1. The SMILES string of the molecule is COc1ccc(-c2nnn(CC(=O)N(Cc3cccs3)C(C(=O)NCC3CCCO3)c3ccc(F)cc3)n2)cc1OC. The molecule has 0 saturated carbocycles. The van der Waals surface area contributed by atoms with Crippen LogP contribution in [-0.2, 0) is 27.4 Å². The third kappa shape index (κ3) is 6.92. The summed E-state index contributed by atoms with van der Waals surface area (Å²) >= 11 is 1.47. The number of thiophene rings is 1. The zero-order valence-corrected chi connectivity index (χ0v) is 24.1. The number of methoxy groups -OCH3 is 2. The number of hydrogen-bond acceptors (Lipinski definition) is 9. The Morgan fingerprint density at radius 3 is 2.67 bits per heavy atom. The Morgan fingerprint density at radius 2 is 1.98 bits per heavy atom. The molecule has 0 bridgehead atoms. The molecule has 2 aromatic heterocycles. The van der Waals surface area contributed by atoms with Crippen molar-refractivity contribution in [1.82, 2.24) is 30.4 Å². The number of aromatic nitrogens is 4. The zero-order chi connectivity index (χ0) is 29.5. The number of hydrogen-bond donors (Lipinski definition) is 1. The van der Waals surface area contributed by atoms with Crippen LogP contribution in [0.15, 0.2) is 60.0 Å². The number of carbonyl (C=O) groups is 2. The first-order valence-electron chi connectivity index (χ1n) is 13.4. The van der Waals surface area contributed by atoms with Crippen molar-refractivity contribution in [3.8, 4) is 22.9 Å². The maximum atomic E-state index is 13.9. The molecular formula is C29H31FN6O5S. The molecule has 1 fully saturated rings. The van der Waals surface area contributed by atoms with E-state index in [0.29, 0.717) is 35.8 Å². The Hall–Kier alpha value is -4.36. The fourth-order valence-electron chi connectivity index (χ4n) is 4.74.